The highest BCUT2D eigenvalue weighted by Gasteiger charge is 2.21. The lowest BCUT2D eigenvalue weighted by Crippen LogP contribution is -2.26. The molecule has 0 saturated carbocycles. The molecule has 0 spiro atoms. The van der Waals surface area contributed by atoms with Crippen molar-refractivity contribution < 1.29 is 14.6 Å². The first kappa shape index (κ1) is 18.1. The zero-order chi connectivity index (χ0) is 18.5. The summed E-state index contributed by atoms with van der Waals surface area (Å²) in [6.07, 6.45) is 0. The van der Waals surface area contributed by atoms with E-state index in [9.17, 15) is 9.90 Å². The van der Waals surface area contributed by atoms with E-state index in [1.54, 1.807) is 18.2 Å². The van der Waals surface area contributed by atoms with E-state index in [2.05, 4.69) is 18.7 Å². The number of carboxylic acids is 1. The highest BCUT2D eigenvalue weighted by atomic mass is 16.5. The van der Waals surface area contributed by atoms with Gasteiger partial charge in [-0.15, -0.1) is 0 Å². The molecule has 0 aromatic heterocycles. The van der Waals surface area contributed by atoms with Crippen molar-refractivity contribution in [2.24, 2.45) is 4.99 Å². The van der Waals surface area contributed by atoms with Gasteiger partial charge in [0.05, 0.1) is 17.8 Å². The molecule has 3 rings (SSSR count). The van der Waals surface area contributed by atoms with Crippen LogP contribution in [0.25, 0.3) is 0 Å². The normalized spacial score (nSPS) is 14.5. The molecule has 1 N–H and O–H groups in total. The Labute approximate surface area is 153 Å². The Morgan fingerprint density at radius 2 is 1.92 bits per heavy atom. The van der Waals surface area contributed by atoms with Crippen LogP contribution < -0.4 is 4.74 Å². The smallest absolute Gasteiger partial charge is 0.335 e. The van der Waals surface area contributed by atoms with E-state index in [0.717, 1.165) is 42.0 Å². The molecule has 0 saturated heterocycles. The monoisotopic (exact) mass is 352 g/mol. The Hall–Kier alpha value is -2.66. The summed E-state index contributed by atoms with van der Waals surface area (Å²) in [5.41, 5.74) is 3.86. The highest BCUT2D eigenvalue weighted by molar-refractivity contribution is 6.16. The van der Waals surface area contributed by atoms with Crippen LogP contribution in [0, 0.1) is 0 Å². The van der Waals surface area contributed by atoms with Crippen LogP contribution in [0.5, 0.6) is 5.75 Å². The van der Waals surface area contributed by atoms with Gasteiger partial charge in [0.15, 0.2) is 0 Å². The zero-order valence-electron chi connectivity index (χ0n) is 15.2. The van der Waals surface area contributed by atoms with Crippen molar-refractivity contribution in [2.45, 2.75) is 20.5 Å². The van der Waals surface area contributed by atoms with Gasteiger partial charge in [-0.25, -0.2) is 4.79 Å². The number of likely N-dealkylation sites (N-methyl/N-ethyl adjacent to an activating group) is 1. The van der Waals surface area contributed by atoms with Gasteiger partial charge in [0.1, 0.15) is 12.4 Å². The van der Waals surface area contributed by atoms with Crippen LogP contribution in [0.2, 0.25) is 0 Å². The fourth-order valence-corrected chi connectivity index (χ4v) is 3.17. The van der Waals surface area contributed by atoms with Gasteiger partial charge in [-0.05, 0) is 36.9 Å². The fourth-order valence-electron chi connectivity index (χ4n) is 3.17. The topological polar surface area (TPSA) is 62.1 Å². The Bertz CT molecular complexity index is 826. The number of aliphatic imine (C=N–C) groups is 1. The maximum Gasteiger partial charge on any atom is 0.335 e. The van der Waals surface area contributed by atoms with Crippen LogP contribution in [0.3, 0.4) is 0 Å². The Balaban J connectivity index is 2.05. The molecule has 0 unspecified atom stereocenters. The third-order valence-electron chi connectivity index (χ3n) is 4.72. The molecular weight excluding hydrogens is 328 g/mol. The van der Waals surface area contributed by atoms with Crippen molar-refractivity contribution in [1.29, 1.82) is 0 Å². The van der Waals surface area contributed by atoms with Gasteiger partial charge in [0, 0.05) is 17.7 Å². The Morgan fingerprint density at radius 1 is 1.15 bits per heavy atom. The van der Waals surface area contributed by atoms with Crippen molar-refractivity contribution in [3.05, 3.63) is 64.7 Å². The molecule has 0 aliphatic carbocycles. The zero-order valence-corrected chi connectivity index (χ0v) is 15.2. The van der Waals surface area contributed by atoms with Gasteiger partial charge in [0.25, 0.3) is 0 Å². The molecule has 1 aliphatic heterocycles. The summed E-state index contributed by atoms with van der Waals surface area (Å²) in [7, 11) is 0. The van der Waals surface area contributed by atoms with E-state index in [1.165, 1.54) is 0 Å². The molecule has 1 heterocycles. The van der Waals surface area contributed by atoms with E-state index in [4.69, 9.17) is 9.73 Å². The van der Waals surface area contributed by atoms with Gasteiger partial charge in [-0.1, -0.05) is 38.1 Å². The lowest BCUT2D eigenvalue weighted by molar-refractivity contribution is 0.0697. The van der Waals surface area contributed by atoms with Crippen LogP contribution in [-0.2, 0) is 6.61 Å². The minimum atomic E-state index is -0.951. The summed E-state index contributed by atoms with van der Waals surface area (Å²) < 4.78 is 5.93. The van der Waals surface area contributed by atoms with Crippen molar-refractivity contribution in [2.75, 3.05) is 26.2 Å². The molecule has 0 radical (unpaired) electrons. The number of ether oxygens (including phenoxy) is 1. The SMILES string of the molecule is CCN(CC)CC/N=C1\c2ccccc2COc2ccc(C(=O)O)cc21. The predicted molar refractivity (Wildman–Crippen MR) is 102 cm³/mol. The third-order valence-corrected chi connectivity index (χ3v) is 4.72. The van der Waals surface area contributed by atoms with E-state index in [1.807, 2.05) is 24.3 Å². The number of nitrogens with zero attached hydrogens (tertiary/aromatic N) is 2. The summed E-state index contributed by atoms with van der Waals surface area (Å²) in [6.45, 7) is 8.22. The first-order valence-electron chi connectivity index (χ1n) is 8.99. The Kier molecular flexibility index (Phi) is 5.68. The number of fused-ring (bicyclic) bond motifs is 2. The highest BCUT2D eigenvalue weighted by Crippen LogP contribution is 2.30. The molecule has 2 aromatic rings. The minimum Gasteiger partial charge on any atom is -0.488 e. The summed E-state index contributed by atoms with van der Waals surface area (Å²) in [5, 5.41) is 9.36. The van der Waals surface area contributed by atoms with E-state index in [-0.39, 0.29) is 5.56 Å². The number of benzene rings is 2. The first-order chi connectivity index (χ1) is 12.6. The van der Waals surface area contributed by atoms with E-state index in [0.29, 0.717) is 18.9 Å². The second-order valence-electron chi connectivity index (χ2n) is 6.22. The maximum atomic E-state index is 11.4. The number of carboxylic acid groups (broad SMARTS) is 1. The average molecular weight is 352 g/mol. The van der Waals surface area contributed by atoms with Crippen molar-refractivity contribution in [1.82, 2.24) is 4.90 Å². The van der Waals surface area contributed by atoms with E-state index >= 15 is 0 Å². The van der Waals surface area contributed by atoms with Gasteiger partial charge in [-0.3, -0.25) is 4.99 Å². The second kappa shape index (κ2) is 8.15. The lowest BCUT2D eigenvalue weighted by atomic mass is 9.97. The molecule has 5 nitrogen and oxygen atoms in total. The number of aromatic carboxylic acids is 1. The molecule has 26 heavy (non-hydrogen) atoms. The van der Waals surface area contributed by atoms with Crippen LogP contribution in [0.1, 0.15) is 40.9 Å². The largest absolute Gasteiger partial charge is 0.488 e. The fraction of sp³-hybridized carbons (Fsp3) is 0.333. The van der Waals surface area contributed by atoms with E-state index < -0.39 is 5.97 Å². The number of hydrogen-bond acceptors (Lipinski definition) is 4. The predicted octanol–water partition coefficient (Wildman–Crippen LogP) is 3.46. The molecule has 136 valence electrons. The van der Waals surface area contributed by atoms with Crippen molar-refractivity contribution >= 4 is 11.7 Å². The van der Waals surface area contributed by atoms with Crippen molar-refractivity contribution in [3.63, 3.8) is 0 Å². The molecule has 0 fully saturated rings. The van der Waals surface area contributed by atoms with Crippen LogP contribution in [0.4, 0.5) is 0 Å². The second-order valence-corrected chi connectivity index (χ2v) is 6.22. The van der Waals surface area contributed by atoms with Crippen LogP contribution >= 0.6 is 0 Å². The summed E-state index contributed by atoms with van der Waals surface area (Å²) >= 11 is 0. The molecule has 0 bridgehead atoms. The minimum absolute atomic E-state index is 0.239. The molecule has 5 heteroatoms. The molecular formula is C21H24N2O3. The lowest BCUT2D eigenvalue weighted by Gasteiger charge is -2.17. The third kappa shape index (κ3) is 3.78. The Morgan fingerprint density at radius 3 is 2.65 bits per heavy atom. The first-order valence-corrected chi connectivity index (χ1v) is 8.99. The number of rotatable bonds is 6. The summed E-state index contributed by atoms with van der Waals surface area (Å²) in [6, 6.07) is 13.0. The molecule has 1 aliphatic rings. The standard InChI is InChI=1S/C21H24N2O3/c1-3-23(4-2)12-11-22-20-17-8-6-5-7-16(17)14-26-19-10-9-15(21(24)25)13-18(19)20/h5-10,13H,3-4,11-12,14H2,1-2H3,(H,24,25)/b22-20+. The average Bonchev–Trinajstić information content (AvgIpc) is 2.82. The number of hydrogen-bond donors (Lipinski definition) is 1. The molecule has 2 aromatic carbocycles. The van der Waals surface area contributed by atoms with Crippen LogP contribution in [-0.4, -0.2) is 47.9 Å². The molecule has 0 amide bonds. The quantitative estimate of drug-likeness (QED) is 0.865. The maximum absolute atomic E-state index is 11.4. The van der Waals surface area contributed by atoms with Gasteiger partial charge in [-0.2, -0.15) is 0 Å². The van der Waals surface area contributed by atoms with Gasteiger partial charge in [0.2, 0.25) is 0 Å². The van der Waals surface area contributed by atoms with Crippen molar-refractivity contribution in [3.8, 4) is 5.75 Å². The summed E-state index contributed by atoms with van der Waals surface area (Å²) in [4.78, 5) is 18.6. The van der Waals surface area contributed by atoms with Gasteiger partial charge < -0.3 is 14.7 Å². The van der Waals surface area contributed by atoms with Gasteiger partial charge >= 0.3 is 5.97 Å². The number of carbonyl (C=O) groups is 1. The van der Waals surface area contributed by atoms with Crippen LogP contribution in [0.15, 0.2) is 47.5 Å². The summed E-state index contributed by atoms with van der Waals surface area (Å²) in [5.74, 6) is -0.277. The molecule has 0 atom stereocenters.